The summed E-state index contributed by atoms with van der Waals surface area (Å²) in [4.78, 5) is 25.8. The Morgan fingerprint density at radius 1 is 1.13 bits per heavy atom. The summed E-state index contributed by atoms with van der Waals surface area (Å²) in [6, 6.07) is 15.3. The highest BCUT2D eigenvalue weighted by Gasteiger charge is 2.70. The van der Waals surface area contributed by atoms with E-state index in [0.717, 1.165) is 17.0 Å². The lowest BCUT2D eigenvalue weighted by Gasteiger charge is -2.46. The van der Waals surface area contributed by atoms with Crippen molar-refractivity contribution >= 4 is 21.7 Å². The van der Waals surface area contributed by atoms with Gasteiger partial charge in [0, 0.05) is 4.92 Å². The van der Waals surface area contributed by atoms with E-state index >= 15 is 0 Å². The zero-order valence-corrected chi connectivity index (χ0v) is 21.4. The van der Waals surface area contributed by atoms with E-state index in [1.54, 1.807) is 36.4 Å². The summed E-state index contributed by atoms with van der Waals surface area (Å²) in [7, 11) is -3.44. The second kappa shape index (κ2) is 9.18. The summed E-state index contributed by atoms with van der Waals surface area (Å²) >= 11 is 0. The minimum absolute atomic E-state index is 0.0651. The third-order valence-corrected chi connectivity index (χ3v) is 8.77. The van der Waals surface area contributed by atoms with Gasteiger partial charge in [0.05, 0.1) is 23.6 Å². The first-order chi connectivity index (χ1) is 18.2. The molecule has 2 aliphatic heterocycles. The van der Waals surface area contributed by atoms with Gasteiger partial charge in [-0.1, -0.05) is 48.0 Å². The SMILES string of the molecule is C=C[C@@H]1c2ccccc2N(S(=O)(=O)c2ccc(C)cc2)[C@H](c2ccc3c(c2)OCO3)[C@@]1(C(=O)OC)[N+](=O)[O-]. The quantitative estimate of drug-likeness (QED) is 0.199. The molecule has 5 rings (SSSR count). The van der Waals surface area contributed by atoms with Crippen molar-refractivity contribution in [3.8, 4) is 11.5 Å². The lowest BCUT2D eigenvalue weighted by atomic mass is 9.69. The van der Waals surface area contributed by atoms with Gasteiger partial charge in [-0.25, -0.2) is 13.2 Å². The fourth-order valence-electron chi connectivity index (χ4n) is 5.24. The number of fused-ring (bicyclic) bond motifs is 2. The molecule has 38 heavy (non-hydrogen) atoms. The molecule has 0 aromatic heterocycles. The van der Waals surface area contributed by atoms with Crippen LogP contribution in [0.2, 0.25) is 0 Å². The number of aryl methyl sites for hydroxylation is 1. The van der Waals surface area contributed by atoms with Crippen molar-refractivity contribution in [2.24, 2.45) is 0 Å². The number of hydrogen-bond donors (Lipinski definition) is 0. The van der Waals surface area contributed by atoms with E-state index in [9.17, 15) is 23.3 Å². The normalized spacial score (nSPS) is 21.9. The Hall–Kier alpha value is -4.38. The maximum absolute atomic E-state index is 14.4. The number of hydrogen-bond acceptors (Lipinski definition) is 8. The van der Waals surface area contributed by atoms with Gasteiger partial charge >= 0.3 is 11.5 Å². The van der Waals surface area contributed by atoms with Gasteiger partial charge in [-0.3, -0.25) is 14.4 Å². The summed E-state index contributed by atoms with van der Waals surface area (Å²) in [5, 5.41) is 13.1. The van der Waals surface area contributed by atoms with Crippen LogP contribution in [0.15, 0.2) is 84.3 Å². The number of para-hydroxylation sites is 1. The minimum Gasteiger partial charge on any atom is -0.464 e. The predicted molar refractivity (Wildman–Crippen MR) is 137 cm³/mol. The first kappa shape index (κ1) is 25.3. The molecule has 0 fully saturated rings. The van der Waals surface area contributed by atoms with Crippen LogP contribution in [-0.2, 0) is 19.6 Å². The first-order valence-electron chi connectivity index (χ1n) is 11.6. The molecule has 0 bridgehead atoms. The van der Waals surface area contributed by atoms with E-state index in [4.69, 9.17) is 14.2 Å². The number of sulfonamides is 1. The monoisotopic (exact) mass is 536 g/mol. The first-order valence-corrected chi connectivity index (χ1v) is 13.1. The average Bonchev–Trinajstić information content (AvgIpc) is 3.39. The van der Waals surface area contributed by atoms with Gasteiger partial charge in [0.2, 0.25) is 6.79 Å². The van der Waals surface area contributed by atoms with Crippen LogP contribution in [0.1, 0.15) is 28.7 Å². The third kappa shape index (κ3) is 3.53. The second-order valence-corrected chi connectivity index (χ2v) is 10.8. The zero-order valence-electron chi connectivity index (χ0n) is 20.6. The van der Waals surface area contributed by atoms with E-state index in [1.165, 1.54) is 36.4 Å². The summed E-state index contributed by atoms with van der Waals surface area (Å²) in [5.41, 5.74) is -1.22. The Morgan fingerprint density at radius 2 is 1.82 bits per heavy atom. The van der Waals surface area contributed by atoms with E-state index < -0.39 is 38.4 Å². The second-order valence-electron chi connectivity index (χ2n) is 8.98. The lowest BCUT2D eigenvalue weighted by molar-refractivity contribution is -0.563. The summed E-state index contributed by atoms with van der Waals surface area (Å²) < 4.78 is 45.6. The maximum atomic E-state index is 14.4. The van der Waals surface area contributed by atoms with Crippen molar-refractivity contribution in [1.29, 1.82) is 0 Å². The highest BCUT2D eigenvalue weighted by molar-refractivity contribution is 7.92. The maximum Gasteiger partial charge on any atom is 0.388 e. The molecule has 0 N–H and O–H groups in total. The standard InChI is InChI=1S/C27H24N2O8S/c1-4-21-20-7-5-6-8-22(20)28(38(33,34)19-12-9-17(2)10-13-19)25(27(21,29(31)32)26(30)35-3)18-11-14-23-24(15-18)37-16-36-23/h4-15,21,25H,1,16H2,2-3H3/t21-,25-,27+/m1/s1. The van der Waals surface area contributed by atoms with E-state index in [-0.39, 0.29) is 34.3 Å². The lowest BCUT2D eigenvalue weighted by Crippen LogP contribution is -2.64. The van der Waals surface area contributed by atoms with E-state index in [0.29, 0.717) is 5.75 Å². The van der Waals surface area contributed by atoms with Gasteiger partial charge in [-0.2, -0.15) is 0 Å². The van der Waals surface area contributed by atoms with Gasteiger partial charge in [0.1, 0.15) is 0 Å². The Balaban J connectivity index is 1.91. The number of nitrogens with zero attached hydrogens (tertiary/aromatic N) is 2. The molecular weight excluding hydrogens is 512 g/mol. The molecule has 0 aliphatic carbocycles. The van der Waals surface area contributed by atoms with Crippen LogP contribution in [0.4, 0.5) is 5.69 Å². The van der Waals surface area contributed by atoms with Gasteiger partial charge in [0.25, 0.3) is 10.0 Å². The predicted octanol–water partition coefficient (Wildman–Crippen LogP) is 4.13. The summed E-state index contributed by atoms with van der Waals surface area (Å²) in [5.74, 6) is -1.79. The average molecular weight is 537 g/mol. The van der Waals surface area contributed by atoms with Crippen LogP contribution in [0.5, 0.6) is 11.5 Å². The van der Waals surface area contributed by atoms with Crippen LogP contribution in [0, 0.1) is 17.0 Å². The van der Waals surface area contributed by atoms with Crippen molar-refractivity contribution < 1.29 is 32.3 Å². The number of anilines is 1. The summed E-state index contributed by atoms with van der Waals surface area (Å²) in [6.45, 7) is 5.54. The zero-order chi connectivity index (χ0) is 27.2. The fraction of sp³-hybridized carbons (Fsp3) is 0.222. The molecule has 0 saturated heterocycles. The smallest absolute Gasteiger partial charge is 0.388 e. The van der Waals surface area contributed by atoms with Gasteiger partial charge in [0.15, 0.2) is 17.5 Å². The Morgan fingerprint density at radius 3 is 2.47 bits per heavy atom. The van der Waals surface area contributed by atoms with Crippen molar-refractivity contribution in [2.45, 2.75) is 29.3 Å². The fourth-order valence-corrected chi connectivity index (χ4v) is 6.93. The van der Waals surface area contributed by atoms with E-state index in [2.05, 4.69) is 6.58 Å². The molecule has 0 saturated carbocycles. The molecule has 0 amide bonds. The number of ether oxygens (including phenoxy) is 3. The molecule has 11 heteroatoms. The van der Waals surface area contributed by atoms with Crippen molar-refractivity contribution in [3.63, 3.8) is 0 Å². The molecule has 2 aliphatic rings. The highest BCUT2D eigenvalue weighted by Crippen LogP contribution is 2.56. The largest absolute Gasteiger partial charge is 0.464 e. The van der Waals surface area contributed by atoms with Gasteiger partial charge in [-0.15, -0.1) is 6.58 Å². The molecule has 0 unspecified atom stereocenters. The Labute approximate surface area is 219 Å². The number of esters is 1. The van der Waals surface area contributed by atoms with Crippen LogP contribution in [0.25, 0.3) is 0 Å². The van der Waals surface area contributed by atoms with Gasteiger partial charge in [-0.05, 0) is 48.4 Å². The topological polar surface area (TPSA) is 125 Å². The van der Waals surface area contributed by atoms with Crippen LogP contribution in [0.3, 0.4) is 0 Å². The molecule has 3 aromatic carbocycles. The molecular formula is C27H24N2O8S. The highest BCUT2D eigenvalue weighted by atomic mass is 32.2. The number of rotatable bonds is 6. The Bertz CT molecular complexity index is 1550. The van der Waals surface area contributed by atoms with Crippen LogP contribution < -0.4 is 13.8 Å². The van der Waals surface area contributed by atoms with Crippen LogP contribution in [-0.4, -0.2) is 38.8 Å². The Kier molecular flexibility index (Phi) is 6.10. The molecule has 196 valence electrons. The van der Waals surface area contributed by atoms with Gasteiger partial charge < -0.3 is 14.2 Å². The molecule has 3 atom stereocenters. The molecule has 10 nitrogen and oxygen atoms in total. The molecule has 2 heterocycles. The van der Waals surface area contributed by atoms with Crippen LogP contribution >= 0.6 is 0 Å². The number of carbonyl (C=O) groups excluding carboxylic acids is 1. The number of methoxy groups -OCH3 is 1. The van der Waals surface area contributed by atoms with Crippen molar-refractivity contribution in [3.05, 3.63) is 106 Å². The number of benzene rings is 3. The molecule has 3 aromatic rings. The summed E-state index contributed by atoms with van der Waals surface area (Å²) in [6.07, 6.45) is 1.29. The number of carbonyl (C=O) groups is 1. The molecule has 0 spiro atoms. The van der Waals surface area contributed by atoms with Crippen molar-refractivity contribution in [1.82, 2.24) is 0 Å². The number of nitro groups is 1. The molecule has 0 radical (unpaired) electrons. The third-order valence-electron chi connectivity index (χ3n) is 6.98. The van der Waals surface area contributed by atoms with Crippen molar-refractivity contribution in [2.75, 3.05) is 18.2 Å². The minimum atomic E-state index is -4.47. The van der Waals surface area contributed by atoms with E-state index in [1.807, 2.05) is 6.92 Å².